The Labute approximate surface area is 113 Å². The van der Waals surface area contributed by atoms with Crippen molar-refractivity contribution in [2.45, 2.75) is 6.54 Å². The fraction of sp³-hybridized carbons (Fsp3) is 0.167. The molecule has 8 heteroatoms. The van der Waals surface area contributed by atoms with Crippen molar-refractivity contribution in [1.29, 1.82) is 0 Å². The van der Waals surface area contributed by atoms with E-state index in [4.69, 9.17) is 10.8 Å². The van der Waals surface area contributed by atoms with Gasteiger partial charge in [-0.1, -0.05) is 0 Å². The van der Waals surface area contributed by atoms with Crippen molar-refractivity contribution in [2.24, 2.45) is 0 Å². The quantitative estimate of drug-likeness (QED) is 0.473. The van der Waals surface area contributed by atoms with Crippen LogP contribution in [0.4, 0.5) is 11.5 Å². The third kappa shape index (κ3) is 2.36. The molecular weight excluding hydrogens is 264 g/mol. The lowest BCUT2D eigenvalue weighted by atomic mass is 10.1. The van der Waals surface area contributed by atoms with Crippen LogP contribution in [0, 0.1) is 10.1 Å². The number of benzene rings is 1. The van der Waals surface area contributed by atoms with Crippen LogP contribution in [0.1, 0.15) is 10.4 Å². The zero-order valence-electron chi connectivity index (χ0n) is 10.4. The number of carbonyl (C=O) groups excluding carboxylic acids is 1. The minimum atomic E-state index is -0.511. The van der Waals surface area contributed by atoms with Gasteiger partial charge in [-0.2, -0.15) is 5.10 Å². The van der Waals surface area contributed by atoms with E-state index in [2.05, 4.69) is 5.10 Å². The van der Waals surface area contributed by atoms with Crippen LogP contribution in [0.3, 0.4) is 0 Å². The Kier molecular flexibility index (Phi) is 3.76. The molecule has 0 amide bonds. The Morgan fingerprint density at radius 1 is 1.40 bits per heavy atom. The molecule has 1 aromatic heterocycles. The van der Waals surface area contributed by atoms with Gasteiger partial charge in [0.05, 0.1) is 23.6 Å². The standard InChI is InChI=1S/C12H12N4O4/c13-12-10(7-18)11(14-15(12)5-6-17)8-1-3-9(4-2-8)16(19)20/h1-4,7,17H,5-6,13H2. The normalized spacial score (nSPS) is 10.4. The maximum absolute atomic E-state index is 11.1. The summed E-state index contributed by atoms with van der Waals surface area (Å²) in [6, 6.07) is 5.64. The molecule has 3 N–H and O–H groups in total. The number of hydrogen-bond donors (Lipinski definition) is 2. The van der Waals surface area contributed by atoms with Gasteiger partial charge in [0.2, 0.25) is 0 Å². The molecule has 104 valence electrons. The molecule has 0 unspecified atom stereocenters. The molecular formula is C12H12N4O4. The van der Waals surface area contributed by atoms with Crippen LogP contribution in [0.2, 0.25) is 0 Å². The van der Waals surface area contributed by atoms with E-state index < -0.39 is 4.92 Å². The number of nitrogens with two attached hydrogens (primary N) is 1. The molecule has 1 aromatic carbocycles. The summed E-state index contributed by atoms with van der Waals surface area (Å²) < 4.78 is 1.32. The predicted octanol–water partition coefficient (Wildman–Crippen LogP) is 0.845. The lowest BCUT2D eigenvalue weighted by Crippen LogP contribution is -2.08. The Balaban J connectivity index is 2.48. The summed E-state index contributed by atoms with van der Waals surface area (Å²) in [7, 11) is 0. The minimum absolute atomic E-state index is 0.0517. The number of rotatable bonds is 5. The van der Waals surface area contributed by atoms with Crippen LogP contribution in [0.15, 0.2) is 24.3 Å². The monoisotopic (exact) mass is 276 g/mol. The van der Waals surface area contributed by atoms with Crippen molar-refractivity contribution in [1.82, 2.24) is 9.78 Å². The molecule has 0 saturated carbocycles. The highest BCUT2D eigenvalue weighted by Gasteiger charge is 2.17. The second kappa shape index (κ2) is 5.49. The summed E-state index contributed by atoms with van der Waals surface area (Å²) in [4.78, 5) is 21.2. The molecule has 0 radical (unpaired) electrons. The van der Waals surface area contributed by atoms with Gasteiger partial charge in [0.25, 0.3) is 5.69 Å². The van der Waals surface area contributed by atoms with Crippen molar-refractivity contribution in [2.75, 3.05) is 12.3 Å². The number of hydrogen-bond acceptors (Lipinski definition) is 6. The Hall–Kier alpha value is -2.74. The minimum Gasteiger partial charge on any atom is -0.394 e. The molecule has 2 aromatic rings. The number of aldehydes is 1. The van der Waals surface area contributed by atoms with Crippen LogP contribution in [-0.2, 0) is 6.54 Å². The predicted molar refractivity (Wildman–Crippen MR) is 71.2 cm³/mol. The van der Waals surface area contributed by atoms with Gasteiger partial charge < -0.3 is 10.8 Å². The Morgan fingerprint density at radius 2 is 2.05 bits per heavy atom. The lowest BCUT2D eigenvalue weighted by molar-refractivity contribution is -0.384. The van der Waals surface area contributed by atoms with Crippen LogP contribution in [0.5, 0.6) is 0 Å². The smallest absolute Gasteiger partial charge is 0.269 e. The maximum atomic E-state index is 11.1. The first-order valence-corrected chi connectivity index (χ1v) is 5.75. The molecule has 0 fully saturated rings. The molecule has 1 heterocycles. The van der Waals surface area contributed by atoms with Gasteiger partial charge in [-0.05, 0) is 12.1 Å². The topological polar surface area (TPSA) is 124 Å². The fourth-order valence-corrected chi connectivity index (χ4v) is 1.82. The van der Waals surface area contributed by atoms with E-state index in [0.717, 1.165) is 0 Å². The van der Waals surface area contributed by atoms with Crippen molar-refractivity contribution < 1.29 is 14.8 Å². The SMILES string of the molecule is Nc1c(C=O)c(-c2ccc([N+](=O)[O-])cc2)nn1CCO. The first kappa shape index (κ1) is 13.7. The lowest BCUT2D eigenvalue weighted by Gasteiger charge is -1.99. The first-order valence-electron chi connectivity index (χ1n) is 5.75. The molecule has 0 bridgehead atoms. The van der Waals surface area contributed by atoms with E-state index in [0.29, 0.717) is 17.5 Å². The fourth-order valence-electron chi connectivity index (χ4n) is 1.82. The van der Waals surface area contributed by atoms with E-state index in [9.17, 15) is 14.9 Å². The van der Waals surface area contributed by atoms with Crippen molar-refractivity contribution in [3.8, 4) is 11.3 Å². The van der Waals surface area contributed by atoms with Gasteiger partial charge in [0.15, 0.2) is 6.29 Å². The summed E-state index contributed by atoms with van der Waals surface area (Å²) >= 11 is 0. The molecule has 8 nitrogen and oxygen atoms in total. The first-order chi connectivity index (χ1) is 9.58. The number of nitrogens with zero attached hydrogens (tertiary/aromatic N) is 3. The van der Waals surface area contributed by atoms with E-state index in [1.54, 1.807) is 0 Å². The molecule has 20 heavy (non-hydrogen) atoms. The van der Waals surface area contributed by atoms with Gasteiger partial charge >= 0.3 is 0 Å². The van der Waals surface area contributed by atoms with Gasteiger partial charge in [0.1, 0.15) is 11.5 Å². The molecule has 0 atom stereocenters. The second-order valence-corrected chi connectivity index (χ2v) is 4.02. The zero-order valence-corrected chi connectivity index (χ0v) is 10.4. The maximum Gasteiger partial charge on any atom is 0.269 e. The summed E-state index contributed by atoms with van der Waals surface area (Å²) in [5, 5.41) is 23.6. The number of nitro groups is 1. The molecule has 0 aliphatic carbocycles. The highest BCUT2D eigenvalue weighted by molar-refractivity contribution is 5.91. The van der Waals surface area contributed by atoms with Gasteiger partial charge in [-0.25, -0.2) is 4.68 Å². The number of aliphatic hydroxyl groups excluding tert-OH is 1. The van der Waals surface area contributed by atoms with Crippen molar-refractivity contribution in [3.05, 3.63) is 39.9 Å². The Morgan fingerprint density at radius 3 is 2.55 bits per heavy atom. The van der Waals surface area contributed by atoms with E-state index in [1.807, 2.05) is 0 Å². The molecule has 0 aliphatic rings. The van der Waals surface area contributed by atoms with E-state index >= 15 is 0 Å². The van der Waals surface area contributed by atoms with Gasteiger partial charge in [0, 0.05) is 17.7 Å². The van der Waals surface area contributed by atoms with Crippen LogP contribution < -0.4 is 5.73 Å². The second-order valence-electron chi connectivity index (χ2n) is 4.02. The zero-order chi connectivity index (χ0) is 14.7. The molecule has 0 saturated heterocycles. The van der Waals surface area contributed by atoms with Crippen LogP contribution >= 0.6 is 0 Å². The molecule has 2 rings (SSSR count). The average molecular weight is 276 g/mol. The number of nitrogen functional groups attached to an aromatic ring is 1. The van der Waals surface area contributed by atoms with E-state index in [1.165, 1.54) is 28.9 Å². The highest BCUT2D eigenvalue weighted by atomic mass is 16.6. The van der Waals surface area contributed by atoms with Crippen molar-refractivity contribution in [3.63, 3.8) is 0 Å². The van der Waals surface area contributed by atoms with Crippen molar-refractivity contribution >= 4 is 17.8 Å². The number of aromatic nitrogens is 2. The third-order valence-corrected chi connectivity index (χ3v) is 2.81. The number of anilines is 1. The number of carbonyl (C=O) groups is 1. The largest absolute Gasteiger partial charge is 0.394 e. The van der Waals surface area contributed by atoms with Crippen LogP contribution in [-0.4, -0.2) is 32.7 Å². The summed E-state index contributed by atoms with van der Waals surface area (Å²) in [6.07, 6.45) is 0.576. The molecule has 0 spiro atoms. The number of aliphatic hydroxyl groups is 1. The van der Waals surface area contributed by atoms with Crippen LogP contribution in [0.25, 0.3) is 11.3 Å². The summed E-state index contributed by atoms with van der Waals surface area (Å²) in [5.41, 5.74) is 6.79. The van der Waals surface area contributed by atoms with Gasteiger partial charge in [-0.15, -0.1) is 0 Å². The summed E-state index contributed by atoms with van der Waals surface area (Å²) in [6.45, 7) is 0.00351. The molecule has 0 aliphatic heterocycles. The summed E-state index contributed by atoms with van der Waals surface area (Å²) in [5.74, 6) is 0.155. The third-order valence-electron chi connectivity index (χ3n) is 2.81. The van der Waals surface area contributed by atoms with E-state index in [-0.39, 0.29) is 30.2 Å². The average Bonchev–Trinajstić information content (AvgIpc) is 2.76. The highest BCUT2D eigenvalue weighted by Crippen LogP contribution is 2.27. The number of nitro benzene ring substituents is 1. The number of non-ortho nitro benzene ring substituents is 1. The Bertz CT molecular complexity index is 648. The van der Waals surface area contributed by atoms with Gasteiger partial charge in [-0.3, -0.25) is 14.9 Å².